The molecule has 154 valence electrons. The number of hydrogen-bond donors (Lipinski definition) is 1. The zero-order valence-corrected chi connectivity index (χ0v) is 16.5. The number of nitrogens with one attached hydrogen (secondary N) is 1. The van der Waals surface area contributed by atoms with E-state index < -0.39 is 0 Å². The van der Waals surface area contributed by atoms with Crippen molar-refractivity contribution in [2.45, 2.75) is 37.6 Å². The maximum atomic E-state index is 12.4. The highest BCUT2D eigenvalue weighted by Crippen LogP contribution is 2.37. The molecule has 9 nitrogen and oxygen atoms in total. The van der Waals surface area contributed by atoms with Gasteiger partial charge < -0.3 is 14.8 Å². The van der Waals surface area contributed by atoms with Gasteiger partial charge in [0.25, 0.3) is 0 Å². The molecule has 3 heterocycles. The zero-order chi connectivity index (χ0) is 20.0. The van der Waals surface area contributed by atoms with Gasteiger partial charge >= 0.3 is 5.69 Å². The van der Waals surface area contributed by atoms with Crippen molar-refractivity contribution in [2.75, 3.05) is 31.7 Å². The van der Waals surface area contributed by atoms with Gasteiger partial charge in [0.1, 0.15) is 5.82 Å². The van der Waals surface area contributed by atoms with Crippen molar-refractivity contribution >= 4 is 11.6 Å². The Labute approximate surface area is 168 Å². The van der Waals surface area contributed by atoms with Crippen LogP contribution in [0, 0.1) is 0 Å². The van der Waals surface area contributed by atoms with E-state index in [0.29, 0.717) is 29.8 Å². The van der Waals surface area contributed by atoms with Crippen molar-refractivity contribution in [2.24, 2.45) is 7.05 Å². The van der Waals surface area contributed by atoms with E-state index in [2.05, 4.69) is 15.3 Å². The lowest BCUT2D eigenvalue weighted by atomic mass is 9.96. The van der Waals surface area contributed by atoms with Gasteiger partial charge in [-0.1, -0.05) is 0 Å². The molecule has 0 atom stereocenters. The molecule has 5 rings (SSSR count). The first-order valence-corrected chi connectivity index (χ1v) is 10.2. The molecule has 9 heteroatoms. The van der Waals surface area contributed by atoms with Crippen molar-refractivity contribution in [1.29, 1.82) is 0 Å². The van der Waals surface area contributed by atoms with Crippen molar-refractivity contribution < 1.29 is 14.3 Å². The maximum absolute atomic E-state index is 12.4. The lowest BCUT2D eigenvalue weighted by Gasteiger charge is -2.31. The minimum atomic E-state index is -0.0463. The summed E-state index contributed by atoms with van der Waals surface area (Å²) in [5, 5.41) is 7.44. The summed E-state index contributed by atoms with van der Waals surface area (Å²) >= 11 is 0. The van der Waals surface area contributed by atoms with Crippen molar-refractivity contribution in [3.8, 4) is 11.5 Å². The van der Waals surface area contributed by atoms with Gasteiger partial charge in [0.2, 0.25) is 12.7 Å². The molecule has 2 aliphatic heterocycles. The van der Waals surface area contributed by atoms with Crippen molar-refractivity contribution in [3.63, 3.8) is 0 Å². The molecule has 1 saturated heterocycles. The second-order valence-corrected chi connectivity index (χ2v) is 8.03. The molecule has 29 heavy (non-hydrogen) atoms. The summed E-state index contributed by atoms with van der Waals surface area (Å²) in [6, 6.07) is 5.73. The third-order valence-electron chi connectivity index (χ3n) is 5.87. The van der Waals surface area contributed by atoms with Gasteiger partial charge in [0.15, 0.2) is 11.5 Å². The van der Waals surface area contributed by atoms with Gasteiger partial charge in [0, 0.05) is 30.8 Å². The largest absolute Gasteiger partial charge is 0.454 e. The molecule has 0 unspecified atom stereocenters. The topological polar surface area (TPSA) is 90.6 Å². The summed E-state index contributed by atoms with van der Waals surface area (Å²) in [5.74, 6) is 2.50. The highest BCUT2D eigenvalue weighted by molar-refractivity contribution is 5.92. The predicted molar refractivity (Wildman–Crippen MR) is 105 cm³/mol. The first-order chi connectivity index (χ1) is 14.1. The monoisotopic (exact) mass is 399 g/mol. The van der Waals surface area contributed by atoms with Crippen LogP contribution >= 0.6 is 0 Å². The number of carbonyl (C=O) groups excluding carboxylic acids is 1. The number of anilines is 1. The second-order valence-electron chi connectivity index (χ2n) is 8.03. The Balaban J connectivity index is 1.17. The molecule has 3 aliphatic rings. The third kappa shape index (κ3) is 3.62. The SMILES string of the molecule is Cn1nc(C2CCN(CC(=O)Nc3ccc4c(c3)OCO4)CC2)n(C2CC2)c1=O. The van der Waals surface area contributed by atoms with E-state index in [-0.39, 0.29) is 24.3 Å². The number of rotatable bonds is 5. The van der Waals surface area contributed by atoms with Crippen molar-refractivity contribution in [3.05, 3.63) is 34.5 Å². The molecule has 1 aliphatic carbocycles. The van der Waals surface area contributed by atoms with Crippen LogP contribution in [0.3, 0.4) is 0 Å². The molecule has 1 N–H and O–H groups in total. The van der Waals surface area contributed by atoms with E-state index in [1.165, 1.54) is 4.68 Å². The number of nitrogens with zero attached hydrogens (tertiary/aromatic N) is 4. The van der Waals surface area contributed by atoms with Crippen LogP contribution in [0.1, 0.15) is 43.5 Å². The first kappa shape index (κ1) is 18.2. The van der Waals surface area contributed by atoms with E-state index in [0.717, 1.165) is 44.6 Å². The molecule has 1 aromatic heterocycles. The number of aromatic nitrogens is 3. The van der Waals surface area contributed by atoms with Gasteiger partial charge in [0.05, 0.1) is 6.54 Å². The number of likely N-dealkylation sites (tertiary alicyclic amines) is 1. The molecule has 2 aromatic rings. The highest BCUT2D eigenvalue weighted by Gasteiger charge is 2.33. The molecule has 0 radical (unpaired) electrons. The van der Waals surface area contributed by atoms with Crippen LogP contribution in [0.2, 0.25) is 0 Å². The van der Waals surface area contributed by atoms with Gasteiger partial charge in [-0.25, -0.2) is 9.48 Å². The molecule has 1 amide bonds. The minimum absolute atomic E-state index is 0.00645. The summed E-state index contributed by atoms with van der Waals surface area (Å²) in [7, 11) is 1.72. The molecule has 1 saturated carbocycles. The number of amides is 1. The lowest BCUT2D eigenvalue weighted by Crippen LogP contribution is -2.39. The van der Waals surface area contributed by atoms with E-state index in [1.54, 1.807) is 19.2 Å². The molecule has 0 spiro atoms. The summed E-state index contributed by atoms with van der Waals surface area (Å²) in [5.41, 5.74) is 0.698. The number of carbonyl (C=O) groups is 1. The third-order valence-corrected chi connectivity index (χ3v) is 5.87. The lowest BCUT2D eigenvalue weighted by molar-refractivity contribution is -0.117. The minimum Gasteiger partial charge on any atom is -0.454 e. The fourth-order valence-corrected chi connectivity index (χ4v) is 4.18. The molecular weight excluding hydrogens is 374 g/mol. The number of piperidine rings is 1. The van der Waals surface area contributed by atoms with Crippen LogP contribution in [0.25, 0.3) is 0 Å². The number of benzene rings is 1. The fourth-order valence-electron chi connectivity index (χ4n) is 4.18. The van der Waals surface area contributed by atoms with E-state index in [1.807, 2.05) is 10.6 Å². The van der Waals surface area contributed by atoms with Crippen LogP contribution < -0.4 is 20.5 Å². The predicted octanol–water partition coefficient (Wildman–Crippen LogP) is 1.46. The number of ether oxygens (including phenoxy) is 2. The van der Waals surface area contributed by atoms with Gasteiger partial charge in [-0.15, -0.1) is 0 Å². The zero-order valence-electron chi connectivity index (χ0n) is 16.5. The Morgan fingerprint density at radius 2 is 1.93 bits per heavy atom. The quantitative estimate of drug-likeness (QED) is 0.819. The molecular formula is C20H25N5O4. The number of fused-ring (bicyclic) bond motifs is 1. The fraction of sp³-hybridized carbons (Fsp3) is 0.550. The molecule has 2 fully saturated rings. The van der Waals surface area contributed by atoms with E-state index >= 15 is 0 Å². The van der Waals surface area contributed by atoms with Gasteiger partial charge in [-0.05, 0) is 50.9 Å². The standard InChI is InChI=1S/C20H25N5O4/c1-23-20(27)25(15-3-4-15)19(22-23)13-6-8-24(9-7-13)11-18(26)21-14-2-5-16-17(10-14)29-12-28-16/h2,5,10,13,15H,3-4,6-9,11-12H2,1H3,(H,21,26). The average Bonchev–Trinajstić information content (AvgIpc) is 3.36. The number of aryl methyl sites for hydroxylation is 1. The Hall–Kier alpha value is -2.81. The van der Waals surface area contributed by atoms with Crippen LogP contribution in [-0.2, 0) is 11.8 Å². The second kappa shape index (κ2) is 7.22. The van der Waals surface area contributed by atoms with E-state index in [9.17, 15) is 9.59 Å². The Bertz CT molecular complexity index is 985. The van der Waals surface area contributed by atoms with Gasteiger partial charge in [-0.2, -0.15) is 5.10 Å². The summed E-state index contributed by atoms with van der Waals surface area (Å²) in [4.78, 5) is 27.0. The van der Waals surface area contributed by atoms with Crippen LogP contribution in [0.5, 0.6) is 11.5 Å². The summed E-state index contributed by atoms with van der Waals surface area (Å²) < 4.78 is 14.0. The van der Waals surface area contributed by atoms with Gasteiger partial charge in [-0.3, -0.25) is 14.3 Å². The normalized spacial score (nSPS) is 19.5. The van der Waals surface area contributed by atoms with E-state index in [4.69, 9.17) is 9.47 Å². The Morgan fingerprint density at radius 3 is 2.69 bits per heavy atom. The summed E-state index contributed by atoms with van der Waals surface area (Å²) in [6.07, 6.45) is 3.94. The highest BCUT2D eigenvalue weighted by atomic mass is 16.7. The van der Waals surface area contributed by atoms with Crippen molar-refractivity contribution in [1.82, 2.24) is 19.2 Å². The smallest absolute Gasteiger partial charge is 0.345 e. The first-order valence-electron chi connectivity index (χ1n) is 10.2. The average molecular weight is 399 g/mol. The van der Waals surface area contributed by atoms with Crippen LogP contribution in [-0.4, -0.2) is 51.6 Å². The Kier molecular flexibility index (Phi) is 4.54. The van der Waals surface area contributed by atoms with Crippen LogP contribution in [0.4, 0.5) is 5.69 Å². The maximum Gasteiger partial charge on any atom is 0.345 e. The molecule has 0 bridgehead atoms. The Morgan fingerprint density at radius 1 is 1.17 bits per heavy atom. The molecule has 1 aromatic carbocycles. The number of hydrogen-bond acceptors (Lipinski definition) is 6. The summed E-state index contributed by atoms with van der Waals surface area (Å²) in [6.45, 7) is 2.19. The van der Waals surface area contributed by atoms with Crippen LogP contribution in [0.15, 0.2) is 23.0 Å².